The van der Waals surface area contributed by atoms with Crippen molar-refractivity contribution in [2.75, 3.05) is 6.66 Å². The van der Waals surface area contributed by atoms with E-state index in [1.165, 1.54) is 42.6 Å². The first-order valence-corrected chi connectivity index (χ1v) is 17.6. The maximum atomic E-state index is 7.08. The van der Waals surface area contributed by atoms with E-state index in [4.69, 9.17) is 4.42 Å². The van der Waals surface area contributed by atoms with Gasteiger partial charge in [-0.15, -0.1) is 0 Å². The van der Waals surface area contributed by atoms with Crippen LogP contribution in [0.5, 0.6) is 0 Å². The molecule has 0 aliphatic heterocycles. The summed E-state index contributed by atoms with van der Waals surface area (Å²) in [4.78, 5) is 0. The zero-order valence-electron chi connectivity index (χ0n) is 22.4. The van der Waals surface area contributed by atoms with E-state index in [0.29, 0.717) is 0 Å². The summed E-state index contributed by atoms with van der Waals surface area (Å²) in [7, 11) is -3.16. The third kappa shape index (κ3) is 4.18. The molecule has 0 amide bonds. The molecule has 6 aromatic carbocycles. The van der Waals surface area contributed by atoms with Crippen LogP contribution in [0.15, 0.2) is 162 Å². The summed E-state index contributed by atoms with van der Waals surface area (Å²) in [6.45, 7) is 2.46. The molecule has 1 aromatic heterocycles. The van der Waals surface area contributed by atoms with Gasteiger partial charge in [0.1, 0.15) is 0 Å². The first-order chi connectivity index (χ1) is 19.7. The molecule has 0 saturated carbocycles. The Morgan fingerprint density at radius 3 is 1.43 bits per heavy atom. The molecule has 0 N–H and O–H groups in total. The van der Waals surface area contributed by atoms with Crippen molar-refractivity contribution in [3.05, 3.63) is 158 Å². The van der Waals surface area contributed by atoms with E-state index in [9.17, 15) is 0 Å². The van der Waals surface area contributed by atoms with Crippen LogP contribution in [0.3, 0.4) is 0 Å². The van der Waals surface area contributed by atoms with Crippen molar-refractivity contribution >= 4 is 68.9 Å². The molecular formula is C37H30OP2. The molecule has 0 atom stereocenters. The minimum absolute atomic E-state index is 0.790. The third-order valence-electron chi connectivity index (χ3n) is 8.01. The second-order valence-corrected chi connectivity index (χ2v) is 16.4. The van der Waals surface area contributed by atoms with E-state index in [1.54, 1.807) is 0 Å². The Morgan fingerprint density at radius 1 is 0.450 bits per heavy atom. The van der Waals surface area contributed by atoms with E-state index in [0.717, 1.165) is 11.2 Å². The van der Waals surface area contributed by atoms with Gasteiger partial charge < -0.3 is 0 Å². The van der Waals surface area contributed by atoms with Gasteiger partial charge >= 0.3 is 238 Å². The molecule has 194 valence electrons. The molecule has 7 aromatic rings. The molecule has 0 aliphatic rings. The van der Waals surface area contributed by atoms with E-state index in [2.05, 4.69) is 164 Å². The van der Waals surface area contributed by atoms with Gasteiger partial charge in [0, 0.05) is 0 Å². The fourth-order valence-electron chi connectivity index (χ4n) is 5.98. The zero-order valence-corrected chi connectivity index (χ0v) is 24.3. The van der Waals surface area contributed by atoms with Crippen LogP contribution < -0.4 is 31.8 Å². The molecule has 1 heterocycles. The minimum atomic E-state index is -2.37. The predicted octanol–water partition coefficient (Wildman–Crippen LogP) is 7.00. The Bertz CT molecular complexity index is 1820. The van der Waals surface area contributed by atoms with Gasteiger partial charge in [-0.2, -0.15) is 0 Å². The summed E-state index contributed by atoms with van der Waals surface area (Å²) in [5, 5.41) is 10.4. The van der Waals surface area contributed by atoms with E-state index in [-0.39, 0.29) is 0 Å². The average Bonchev–Trinajstić information content (AvgIpc) is 3.42. The summed E-state index contributed by atoms with van der Waals surface area (Å²) >= 11 is 0. The quantitative estimate of drug-likeness (QED) is 0.203. The van der Waals surface area contributed by atoms with Gasteiger partial charge in [0.15, 0.2) is 0 Å². The molecule has 40 heavy (non-hydrogen) atoms. The second-order valence-electron chi connectivity index (χ2n) is 10.3. The monoisotopic (exact) mass is 552 g/mol. The van der Waals surface area contributed by atoms with Crippen LogP contribution in [-0.4, -0.2) is 6.66 Å². The normalized spacial score (nSPS) is 12.2. The van der Waals surface area contributed by atoms with Crippen LogP contribution in [0.4, 0.5) is 0 Å². The number of hydrogen-bond acceptors (Lipinski definition) is 1. The molecule has 0 spiro atoms. The fraction of sp³-hybridized carbons (Fsp3) is 0.0270. The summed E-state index contributed by atoms with van der Waals surface area (Å²) in [5.74, 6) is 0. The molecule has 1 nitrogen and oxygen atoms in total. The molecule has 0 bridgehead atoms. The van der Waals surface area contributed by atoms with Gasteiger partial charge in [0.2, 0.25) is 0 Å². The standard InChI is InChI=1S/C37H30OP2/c1-40(30-20-10-4-11-21-30,31-22-12-5-13-23-31)35-27-15-25-33-32-24-14-26-34(36(32)38-37(33)35)39(28-16-6-2-7-17-28)29-18-8-3-9-19-29/h2-27,40H,1H3. The molecule has 0 radical (unpaired) electrons. The summed E-state index contributed by atoms with van der Waals surface area (Å²) in [5.41, 5.74) is 2.02. The van der Waals surface area contributed by atoms with Crippen molar-refractivity contribution < 1.29 is 4.42 Å². The van der Waals surface area contributed by atoms with Crippen LogP contribution >= 0.6 is 15.2 Å². The number of para-hydroxylation sites is 2. The van der Waals surface area contributed by atoms with Gasteiger partial charge in [-0.1, -0.05) is 0 Å². The van der Waals surface area contributed by atoms with Crippen LogP contribution in [0.2, 0.25) is 0 Å². The van der Waals surface area contributed by atoms with Crippen molar-refractivity contribution in [1.29, 1.82) is 0 Å². The molecule has 3 heteroatoms. The van der Waals surface area contributed by atoms with Crippen molar-refractivity contribution in [2.45, 2.75) is 0 Å². The van der Waals surface area contributed by atoms with Crippen molar-refractivity contribution in [3.63, 3.8) is 0 Å². The van der Waals surface area contributed by atoms with Gasteiger partial charge in [-0.25, -0.2) is 0 Å². The topological polar surface area (TPSA) is 13.1 Å². The maximum absolute atomic E-state index is 7.08. The Balaban J connectivity index is 1.52. The van der Waals surface area contributed by atoms with Crippen molar-refractivity contribution in [3.8, 4) is 0 Å². The summed E-state index contributed by atoms with van der Waals surface area (Å²) < 4.78 is 7.08. The van der Waals surface area contributed by atoms with Crippen LogP contribution in [-0.2, 0) is 0 Å². The van der Waals surface area contributed by atoms with Crippen molar-refractivity contribution in [2.24, 2.45) is 0 Å². The molecule has 0 fully saturated rings. The van der Waals surface area contributed by atoms with E-state index in [1.807, 2.05) is 0 Å². The Kier molecular flexibility index (Phi) is 6.57. The first-order valence-electron chi connectivity index (χ1n) is 13.7. The molecule has 7 rings (SSSR count). The Labute approximate surface area is 237 Å². The Hall–Kier alpha value is -4.02. The average molecular weight is 553 g/mol. The molecular weight excluding hydrogens is 522 g/mol. The van der Waals surface area contributed by atoms with E-state index >= 15 is 0 Å². The third-order valence-corrected chi connectivity index (χ3v) is 14.9. The van der Waals surface area contributed by atoms with Crippen LogP contribution in [0.1, 0.15) is 0 Å². The van der Waals surface area contributed by atoms with Crippen molar-refractivity contribution in [1.82, 2.24) is 0 Å². The zero-order chi connectivity index (χ0) is 26.9. The summed E-state index contributed by atoms with van der Waals surface area (Å²) in [6.07, 6.45) is 0. The van der Waals surface area contributed by atoms with Gasteiger partial charge in [0.25, 0.3) is 0 Å². The van der Waals surface area contributed by atoms with E-state index < -0.39 is 15.2 Å². The SMILES string of the molecule is C[PH](c1ccccc1)(c1ccccc1)c1cccc2c1oc1c(P(c3ccccc3)c3ccccc3)cccc12. The van der Waals surface area contributed by atoms with Crippen LogP contribution in [0, 0.1) is 0 Å². The number of hydrogen-bond donors (Lipinski definition) is 0. The number of rotatable bonds is 6. The van der Waals surface area contributed by atoms with Crippen LogP contribution in [0.25, 0.3) is 21.9 Å². The predicted molar refractivity (Wildman–Crippen MR) is 178 cm³/mol. The number of furan rings is 1. The fourth-order valence-corrected chi connectivity index (χ4v) is 12.1. The summed E-state index contributed by atoms with van der Waals surface area (Å²) in [6, 6.07) is 57.2. The van der Waals surface area contributed by atoms with Gasteiger partial charge in [-0.3, -0.25) is 0 Å². The van der Waals surface area contributed by atoms with Gasteiger partial charge in [0.05, 0.1) is 0 Å². The number of benzene rings is 6. The van der Waals surface area contributed by atoms with Gasteiger partial charge in [-0.05, 0) is 0 Å². The Morgan fingerprint density at radius 2 is 0.900 bits per heavy atom. The molecule has 0 saturated heterocycles. The first kappa shape index (κ1) is 25.0. The molecule has 0 aliphatic carbocycles. The second kappa shape index (κ2) is 10.5. The number of fused-ring (bicyclic) bond motifs is 3. The molecule has 0 unspecified atom stereocenters.